The van der Waals surface area contributed by atoms with Crippen LogP contribution in [0.5, 0.6) is 0 Å². The van der Waals surface area contributed by atoms with Crippen molar-refractivity contribution in [1.82, 2.24) is 5.32 Å². The third kappa shape index (κ3) is 3.32. The van der Waals surface area contributed by atoms with Gasteiger partial charge < -0.3 is 10.4 Å². The molecule has 0 bridgehead atoms. The summed E-state index contributed by atoms with van der Waals surface area (Å²) in [6, 6.07) is 3.83. The van der Waals surface area contributed by atoms with Gasteiger partial charge in [0.2, 0.25) is 0 Å². The molecule has 0 aliphatic heterocycles. The van der Waals surface area contributed by atoms with Gasteiger partial charge in [0.1, 0.15) is 0 Å². The van der Waals surface area contributed by atoms with Gasteiger partial charge in [-0.15, -0.1) is 11.3 Å². The molecule has 1 aromatic rings. The highest BCUT2D eigenvalue weighted by atomic mass is 32.1. The van der Waals surface area contributed by atoms with Gasteiger partial charge in [-0.05, 0) is 31.4 Å². The minimum atomic E-state index is -0.0440. The van der Waals surface area contributed by atoms with Crippen molar-refractivity contribution in [1.29, 1.82) is 0 Å². The summed E-state index contributed by atoms with van der Waals surface area (Å²) in [7, 11) is 0. The van der Waals surface area contributed by atoms with Gasteiger partial charge in [0.25, 0.3) is 5.91 Å². The first kappa shape index (κ1) is 13.2. The molecule has 1 amide bonds. The maximum atomic E-state index is 11.8. The Morgan fingerprint density at radius 2 is 2.19 bits per heavy atom. The number of amides is 1. The van der Waals surface area contributed by atoms with Gasteiger partial charge in [-0.25, -0.2) is 0 Å². The molecule has 0 aromatic carbocycles. The molecule has 0 fully saturated rings. The molecule has 1 heterocycles. The molecule has 0 spiro atoms. The van der Waals surface area contributed by atoms with Gasteiger partial charge in [-0.3, -0.25) is 4.79 Å². The van der Waals surface area contributed by atoms with Gasteiger partial charge in [0, 0.05) is 17.5 Å². The zero-order chi connectivity index (χ0) is 12.1. The Kier molecular flexibility index (Phi) is 4.96. The van der Waals surface area contributed by atoms with Crippen molar-refractivity contribution in [3.8, 4) is 0 Å². The molecule has 1 aromatic heterocycles. The first-order valence-electron chi connectivity index (χ1n) is 5.58. The maximum Gasteiger partial charge on any atom is 0.261 e. The highest BCUT2D eigenvalue weighted by Gasteiger charge is 2.16. The summed E-state index contributed by atoms with van der Waals surface area (Å²) in [6.07, 6.45) is 0.959. The number of carbonyl (C=O) groups is 1. The molecule has 0 aliphatic rings. The van der Waals surface area contributed by atoms with Crippen molar-refractivity contribution in [2.24, 2.45) is 5.92 Å². The fourth-order valence-electron chi connectivity index (χ4n) is 1.27. The number of aryl methyl sites for hydroxylation is 1. The fourth-order valence-corrected chi connectivity index (χ4v) is 2.12. The Labute approximate surface area is 100 Å². The monoisotopic (exact) mass is 241 g/mol. The lowest BCUT2D eigenvalue weighted by Crippen LogP contribution is -2.37. The average molecular weight is 241 g/mol. The molecule has 0 saturated heterocycles. The standard InChI is InChI=1S/C12H19NO2S/c1-4-10-5-6-11(16-10)12(15)13-9(3)8(2)7-14/h5-6,8-9,14H,4,7H2,1-3H3,(H,13,15). The minimum Gasteiger partial charge on any atom is -0.396 e. The highest BCUT2D eigenvalue weighted by molar-refractivity contribution is 7.14. The number of rotatable bonds is 5. The van der Waals surface area contributed by atoms with E-state index in [-0.39, 0.29) is 24.5 Å². The first-order chi connectivity index (χ1) is 7.58. The summed E-state index contributed by atoms with van der Waals surface area (Å²) < 4.78 is 0. The summed E-state index contributed by atoms with van der Waals surface area (Å²) >= 11 is 1.53. The normalized spacial score (nSPS) is 14.5. The largest absolute Gasteiger partial charge is 0.396 e. The average Bonchev–Trinajstić information content (AvgIpc) is 2.76. The lowest BCUT2D eigenvalue weighted by atomic mass is 10.1. The number of aliphatic hydroxyl groups is 1. The second-order valence-corrected chi connectivity index (χ2v) is 5.21. The number of hydrogen-bond acceptors (Lipinski definition) is 3. The van der Waals surface area contributed by atoms with Crippen LogP contribution >= 0.6 is 11.3 Å². The molecular weight excluding hydrogens is 222 g/mol. The van der Waals surface area contributed by atoms with E-state index in [1.807, 2.05) is 26.0 Å². The van der Waals surface area contributed by atoms with Crippen LogP contribution < -0.4 is 5.32 Å². The zero-order valence-electron chi connectivity index (χ0n) is 9.99. The smallest absolute Gasteiger partial charge is 0.261 e. The van der Waals surface area contributed by atoms with Crippen LogP contribution in [0.1, 0.15) is 35.3 Å². The molecule has 0 saturated carbocycles. The van der Waals surface area contributed by atoms with Crippen LogP contribution in [-0.2, 0) is 6.42 Å². The summed E-state index contributed by atoms with van der Waals surface area (Å²) in [6.45, 7) is 5.99. The van der Waals surface area contributed by atoms with E-state index in [1.54, 1.807) is 0 Å². The van der Waals surface area contributed by atoms with Crippen LogP contribution in [0, 0.1) is 5.92 Å². The lowest BCUT2D eigenvalue weighted by Gasteiger charge is -2.18. The molecule has 1 rings (SSSR count). The molecular formula is C12H19NO2S. The third-order valence-electron chi connectivity index (χ3n) is 2.73. The van der Waals surface area contributed by atoms with Crippen molar-refractivity contribution in [3.63, 3.8) is 0 Å². The van der Waals surface area contributed by atoms with Crippen molar-refractivity contribution < 1.29 is 9.90 Å². The number of aliphatic hydroxyl groups excluding tert-OH is 1. The summed E-state index contributed by atoms with van der Waals surface area (Å²) in [5.74, 6) is 0.0343. The van der Waals surface area contributed by atoms with Crippen molar-refractivity contribution >= 4 is 17.2 Å². The molecule has 0 aliphatic carbocycles. The fraction of sp³-hybridized carbons (Fsp3) is 0.583. The van der Waals surface area contributed by atoms with Crippen molar-refractivity contribution in [2.45, 2.75) is 33.2 Å². The second kappa shape index (κ2) is 6.01. The van der Waals surface area contributed by atoms with E-state index in [1.165, 1.54) is 16.2 Å². The van der Waals surface area contributed by atoms with Gasteiger partial charge in [0.15, 0.2) is 0 Å². The SMILES string of the molecule is CCc1ccc(C(=O)NC(C)C(C)CO)s1. The molecule has 0 radical (unpaired) electrons. The number of thiophene rings is 1. The van der Waals surface area contributed by atoms with E-state index in [0.29, 0.717) is 0 Å². The number of carbonyl (C=O) groups excluding carboxylic acids is 1. The van der Waals surface area contributed by atoms with Gasteiger partial charge >= 0.3 is 0 Å². The predicted octanol–water partition coefficient (Wildman–Crippen LogP) is 2.06. The Bertz CT molecular complexity index is 349. The summed E-state index contributed by atoms with van der Waals surface area (Å²) in [5.41, 5.74) is 0. The molecule has 4 heteroatoms. The second-order valence-electron chi connectivity index (χ2n) is 4.04. The van der Waals surface area contributed by atoms with Crippen LogP contribution in [0.3, 0.4) is 0 Å². The summed E-state index contributed by atoms with van der Waals surface area (Å²) in [5, 5.41) is 11.9. The van der Waals surface area contributed by atoms with E-state index in [0.717, 1.165) is 11.3 Å². The van der Waals surface area contributed by atoms with Crippen molar-refractivity contribution in [3.05, 3.63) is 21.9 Å². The molecule has 3 nitrogen and oxygen atoms in total. The molecule has 90 valence electrons. The minimum absolute atomic E-state index is 0.00956. The van der Waals surface area contributed by atoms with Crippen LogP contribution in [0.25, 0.3) is 0 Å². The molecule has 2 atom stereocenters. The van der Waals surface area contributed by atoms with Crippen LogP contribution in [-0.4, -0.2) is 23.7 Å². The van der Waals surface area contributed by atoms with E-state index >= 15 is 0 Å². The Morgan fingerprint density at radius 3 is 2.69 bits per heavy atom. The predicted molar refractivity (Wildman–Crippen MR) is 66.9 cm³/mol. The molecule has 2 N–H and O–H groups in total. The van der Waals surface area contributed by atoms with Crippen molar-refractivity contribution in [2.75, 3.05) is 6.61 Å². The van der Waals surface area contributed by atoms with E-state index < -0.39 is 0 Å². The first-order valence-corrected chi connectivity index (χ1v) is 6.40. The van der Waals surface area contributed by atoms with E-state index in [9.17, 15) is 4.79 Å². The van der Waals surface area contributed by atoms with Gasteiger partial charge in [-0.1, -0.05) is 13.8 Å². The molecule has 16 heavy (non-hydrogen) atoms. The lowest BCUT2D eigenvalue weighted by molar-refractivity contribution is 0.0920. The third-order valence-corrected chi connectivity index (χ3v) is 3.96. The zero-order valence-corrected chi connectivity index (χ0v) is 10.8. The molecule has 2 unspecified atom stereocenters. The van der Waals surface area contributed by atoms with Gasteiger partial charge in [0.05, 0.1) is 4.88 Å². The number of nitrogens with one attached hydrogen (secondary N) is 1. The van der Waals surface area contributed by atoms with Crippen LogP contribution in [0.4, 0.5) is 0 Å². The van der Waals surface area contributed by atoms with E-state index in [4.69, 9.17) is 5.11 Å². The Balaban J connectivity index is 2.58. The highest BCUT2D eigenvalue weighted by Crippen LogP contribution is 2.17. The van der Waals surface area contributed by atoms with Crippen LogP contribution in [0.15, 0.2) is 12.1 Å². The Morgan fingerprint density at radius 1 is 1.50 bits per heavy atom. The topological polar surface area (TPSA) is 49.3 Å². The maximum absolute atomic E-state index is 11.8. The number of hydrogen-bond donors (Lipinski definition) is 2. The van der Waals surface area contributed by atoms with E-state index in [2.05, 4.69) is 12.2 Å². The Hall–Kier alpha value is -0.870. The summed E-state index contributed by atoms with van der Waals surface area (Å²) in [4.78, 5) is 13.8. The quantitative estimate of drug-likeness (QED) is 0.829. The van der Waals surface area contributed by atoms with Crippen LogP contribution in [0.2, 0.25) is 0 Å². The van der Waals surface area contributed by atoms with Gasteiger partial charge in [-0.2, -0.15) is 0 Å².